The predicted octanol–water partition coefficient (Wildman–Crippen LogP) is 7.04. The Morgan fingerprint density at radius 2 is 1.79 bits per heavy atom. The van der Waals surface area contributed by atoms with Gasteiger partial charge in [0.1, 0.15) is 11.5 Å². The Balaban J connectivity index is 2.26. The molecule has 2 unspecified atom stereocenters. The van der Waals surface area contributed by atoms with Crippen molar-refractivity contribution in [1.82, 2.24) is 4.98 Å². The number of nitrogens with zero attached hydrogens (tertiary/aromatic N) is 1. The molecule has 0 aliphatic carbocycles. The maximum absolute atomic E-state index is 13.7. The first-order valence-electron chi connectivity index (χ1n) is 11.1. The van der Waals surface area contributed by atoms with Crippen molar-refractivity contribution in [2.75, 3.05) is 7.11 Å². The van der Waals surface area contributed by atoms with Gasteiger partial charge in [0.2, 0.25) is 8.03 Å². The summed E-state index contributed by atoms with van der Waals surface area (Å²) in [5, 5.41) is -1.48. The third-order valence-corrected chi connectivity index (χ3v) is 7.69. The zero-order valence-corrected chi connectivity index (χ0v) is 20.8. The van der Waals surface area contributed by atoms with E-state index in [1.807, 2.05) is 50.2 Å². The molecule has 178 valence electrons. The van der Waals surface area contributed by atoms with E-state index in [4.69, 9.17) is 14.2 Å². The Kier molecular flexibility index (Phi) is 8.19. The molecule has 0 saturated heterocycles. The molecule has 0 spiro atoms. The first kappa shape index (κ1) is 25.5. The van der Waals surface area contributed by atoms with Gasteiger partial charge in [0.25, 0.3) is 0 Å². The molecule has 2 aromatic carbocycles. The van der Waals surface area contributed by atoms with Crippen molar-refractivity contribution in [1.29, 1.82) is 0 Å². The molecule has 3 aromatic rings. The minimum atomic E-state index is -2.82. The Labute approximate surface area is 200 Å². The fraction of sp³-hybridized carbons (Fsp3) is 0.259. The molecule has 34 heavy (non-hydrogen) atoms. The highest BCUT2D eigenvalue weighted by Crippen LogP contribution is 2.46. The van der Waals surface area contributed by atoms with Crippen molar-refractivity contribution >= 4 is 14.0 Å². The Morgan fingerprint density at radius 1 is 1.15 bits per heavy atom. The number of benzene rings is 2. The first-order valence-corrected chi connectivity index (χ1v) is 12.4. The van der Waals surface area contributed by atoms with Gasteiger partial charge in [0.05, 0.1) is 5.69 Å². The fourth-order valence-electron chi connectivity index (χ4n) is 3.70. The molecule has 2 atom stereocenters. The maximum atomic E-state index is 13.7. The van der Waals surface area contributed by atoms with Gasteiger partial charge in [-0.15, -0.1) is 6.58 Å². The summed E-state index contributed by atoms with van der Waals surface area (Å²) in [6, 6.07) is 17.4. The minimum Gasteiger partial charge on any atom is -0.423 e. The van der Waals surface area contributed by atoms with Gasteiger partial charge in [-0.25, -0.2) is 9.37 Å². The highest BCUT2D eigenvalue weighted by molar-refractivity contribution is 7.42. The predicted molar refractivity (Wildman–Crippen MR) is 134 cm³/mol. The average Bonchev–Trinajstić information content (AvgIpc) is 2.86. The average molecular weight is 482 g/mol. The first-order chi connectivity index (χ1) is 16.3. The fourth-order valence-corrected chi connectivity index (χ4v) is 4.74. The number of carbonyl (C=O) groups is 1. The zero-order valence-electron chi connectivity index (χ0n) is 19.8. The van der Waals surface area contributed by atoms with E-state index in [2.05, 4.69) is 6.58 Å². The van der Waals surface area contributed by atoms with Crippen LogP contribution in [-0.4, -0.2) is 23.2 Å². The van der Waals surface area contributed by atoms with Crippen molar-refractivity contribution in [3.05, 3.63) is 84.7 Å². The highest BCUT2D eigenvalue weighted by Gasteiger charge is 2.43. The summed E-state index contributed by atoms with van der Waals surface area (Å²) in [5.41, 5.74) is 3.31. The van der Waals surface area contributed by atoms with E-state index in [0.717, 1.165) is 11.1 Å². The molecule has 3 rings (SSSR count). The number of pyridine rings is 1. The Bertz CT molecular complexity index is 1200. The number of hydrogen-bond donors (Lipinski definition) is 0. The van der Waals surface area contributed by atoms with Crippen LogP contribution in [0.15, 0.2) is 73.3 Å². The monoisotopic (exact) mass is 481 g/mol. The smallest absolute Gasteiger partial charge is 0.331 e. The molecule has 0 aliphatic heterocycles. The summed E-state index contributed by atoms with van der Waals surface area (Å²) in [6.07, 6.45) is 1.53. The topological polar surface area (TPSA) is 65.5 Å². The van der Waals surface area contributed by atoms with E-state index in [0.29, 0.717) is 17.0 Å². The summed E-state index contributed by atoms with van der Waals surface area (Å²) in [5.74, 6) is -0.903. The molecule has 0 fully saturated rings. The number of hydrogen-bond acceptors (Lipinski definition) is 5. The lowest BCUT2D eigenvalue weighted by atomic mass is 9.96. The molecule has 0 amide bonds. The Morgan fingerprint density at radius 3 is 2.32 bits per heavy atom. The van der Waals surface area contributed by atoms with Crippen LogP contribution in [0.1, 0.15) is 38.7 Å². The van der Waals surface area contributed by atoms with Gasteiger partial charge in [-0.1, -0.05) is 57.2 Å². The lowest BCUT2D eigenvalue weighted by molar-refractivity contribution is -0.136. The highest BCUT2D eigenvalue weighted by atomic mass is 31.1. The third-order valence-electron chi connectivity index (χ3n) is 5.83. The number of esters is 1. The van der Waals surface area contributed by atoms with Crippen molar-refractivity contribution in [2.45, 2.75) is 38.3 Å². The van der Waals surface area contributed by atoms with Crippen LogP contribution in [0.2, 0.25) is 0 Å². The molecule has 7 heteroatoms. The van der Waals surface area contributed by atoms with Crippen molar-refractivity contribution < 1.29 is 23.0 Å². The van der Waals surface area contributed by atoms with Crippen LogP contribution in [0.5, 0.6) is 5.75 Å². The minimum absolute atomic E-state index is 0.0355. The quantitative estimate of drug-likeness (QED) is 0.186. The molecule has 0 radical (unpaired) electrons. The lowest BCUT2D eigenvalue weighted by Crippen LogP contribution is -2.36. The molecule has 1 aromatic heterocycles. The number of carbonyl (C=O) groups excluding carboxylic acids is 1. The van der Waals surface area contributed by atoms with Gasteiger partial charge >= 0.3 is 5.97 Å². The van der Waals surface area contributed by atoms with Crippen molar-refractivity contribution in [2.24, 2.45) is 0 Å². The van der Waals surface area contributed by atoms with Crippen LogP contribution in [-0.2, 0) is 13.9 Å². The second kappa shape index (κ2) is 10.9. The molecule has 5 nitrogen and oxygen atoms in total. The van der Waals surface area contributed by atoms with E-state index >= 15 is 0 Å². The molecule has 0 saturated carbocycles. The molecular formula is C27H29FNO4P. The van der Waals surface area contributed by atoms with Gasteiger partial charge in [0.15, 0.2) is 10.9 Å². The van der Waals surface area contributed by atoms with Crippen molar-refractivity contribution in [3.63, 3.8) is 0 Å². The standard InChI is InChI=1S/C27H29FNO4P/c1-6-27(7-2,34(31)32-5)26(30)33-25-22(18(3)4)17-23(19-11-9-8-10-12-19)29-24(25)20-13-15-21(28)16-14-20/h6,8-18,34H,1,7H2,2-5H3. The van der Waals surface area contributed by atoms with Crippen LogP contribution in [0.4, 0.5) is 4.39 Å². The summed E-state index contributed by atoms with van der Waals surface area (Å²) in [4.78, 5) is 18.2. The van der Waals surface area contributed by atoms with E-state index in [1.54, 1.807) is 19.1 Å². The molecule has 0 aliphatic rings. The van der Waals surface area contributed by atoms with Crippen LogP contribution < -0.4 is 4.74 Å². The van der Waals surface area contributed by atoms with Crippen LogP contribution in [0.25, 0.3) is 22.5 Å². The number of ether oxygens (including phenoxy) is 1. The van der Waals surface area contributed by atoms with E-state index in [1.165, 1.54) is 25.3 Å². The number of halogens is 1. The zero-order chi connectivity index (χ0) is 24.9. The second-order valence-electron chi connectivity index (χ2n) is 8.21. The van der Waals surface area contributed by atoms with Gasteiger partial charge in [-0.05, 0) is 42.7 Å². The molecule has 1 heterocycles. The van der Waals surface area contributed by atoms with Crippen LogP contribution in [0.3, 0.4) is 0 Å². The molecule has 0 N–H and O–H groups in total. The molecular weight excluding hydrogens is 452 g/mol. The largest absolute Gasteiger partial charge is 0.423 e. The van der Waals surface area contributed by atoms with E-state index in [-0.39, 0.29) is 23.9 Å². The Hall–Kier alpha value is -3.08. The van der Waals surface area contributed by atoms with Crippen LogP contribution in [0, 0.1) is 5.82 Å². The van der Waals surface area contributed by atoms with E-state index in [9.17, 15) is 13.8 Å². The van der Waals surface area contributed by atoms with Crippen LogP contribution >= 0.6 is 8.03 Å². The number of aromatic nitrogens is 1. The summed E-state index contributed by atoms with van der Waals surface area (Å²) in [6.45, 7) is 9.41. The van der Waals surface area contributed by atoms with E-state index < -0.39 is 19.2 Å². The summed E-state index contributed by atoms with van der Waals surface area (Å²) >= 11 is 0. The molecule has 0 bridgehead atoms. The number of rotatable bonds is 9. The third kappa shape index (κ3) is 5.03. The summed E-state index contributed by atoms with van der Waals surface area (Å²) in [7, 11) is -1.53. The van der Waals surface area contributed by atoms with Gasteiger partial charge in [0, 0.05) is 23.8 Å². The lowest BCUT2D eigenvalue weighted by Gasteiger charge is -2.27. The van der Waals surface area contributed by atoms with Gasteiger partial charge < -0.3 is 9.26 Å². The van der Waals surface area contributed by atoms with Gasteiger partial charge in [-0.3, -0.25) is 9.36 Å². The second-order valence-corrected chi connectivity index (χ2v) is 10.1. The van der Waals surface area contributed by atoms with Crippen molar-refractivity contribution in [3.8, 4) is 28.3 Å². The normalized spacial score (nSPS) is 13.8. The summed E-state index contributed by atoms with van der Waals surface area (Å²) < 4.78 is 37.4. The maximum Gasteiger partial charge on any atom is 0.331 e. The van der Waals surface area contributed by atoms with Gasteiger partial charge in [-0.2, -0.15) is 0 Å². The SMILES string of the molecule is C=CC(CC)(C(=O)Oc1c(C(C)C)cc(-c2ccccc2)nc1-c1ccc(F)cc1)[PH](=O)OC.